The van der Waals surface area contributed by atoms with E-state index in [-0.39, 0.29) is 11.7 Å². The molecule has 1 aliphatic heterocycles. The summed E-state index contributed by atoms with van der Waals surface area (Å²) in [4.78, 5) is 18.9. The van der Waals surface area contributed by atoms with Gasteiger partial charge in [0.15, 0.2) is 5.17 Å². The van der Waals surface area contributed by atoms with Crippen molar-refractivity contribution in [3.8, 4) is 0 Å². The van der Waals surface area contributed by atoms with Crippen LogP contribution in [0.3, 0.4) is 0 Å². The predicted molar refractivity (Wildman–Crippen MR) is 92.2 cm³/mol. The van der Waals surface area contributed by atoms with E-state index in [4.69, 9.17) is 0 Å². The van der Waals surface area contributed by atoms with E-state index in [0.717, 1.165) is 11.1 Å². The molecule has 2 aromatic rings. The van der Waals surface area contributed by atoms with Crippen molar-refractivity contribution in [3.63, 3.8) is 0 Å². The number of amidine groups is 1. The molecule has 0 aliphatic carbocycles. The Labute approximate surface area is 139 Å². The van der Waals surface area contributed by atoms with Gasteiger partial charge in [0.2, 0.25) is 0 Å². The largest absolute Gasteiger partial charge is 0.286 e. The first-order valence-corrected chi connectivity index (χ1v) is 8.43. The number of nitrogens with zero attached hydrogens (tertiary/aromatic N) is 2. The second-order valence-corrected chi connectivity index (χ2v) is 6.30. The maximum atomic E-state index is 13.2. The van der Waals surface area contributed by atoms with Gasteiger partial charge in [-0.05, 0) is 36.2 Å². The van der Waals surface area contributed by atoms with Crippen LogP contribution in [-0.2, 0) is 5.75 Å². The molecule has 0 saturated heterocycles. The molecule has 1 heterocycles. The van der Waals surface area contributed by atoms with Crippen molar-refractivity contribution >= 4 is 22.8 Å². The number of carbonyl (C=O) groups is 1. The number of halogens is 1. The normalized spacial score (nSPS) is 14.0. The average molecular weight is 328 g/mol. The summed E-state index contributed by atoms with van der Waals surface area (Å²) in [5.41, 5.74) is 2.54. The van der Waals surface area contributed by atoms with Gasteiger partial charge in [0, 0.05) is 17.9 Å². The van der Waals surface area contributed by atoms with Crippen LogP contribution in [0, 0.1) is 12.7 Å². The summed E-state index contributed by atoms with van der Waals surface area (Å²) < 4.78 is 13.2. The van der Waals surface area contributed by atoms with Crippen LogP contribution >= 0.6 is 11.8 Å². The first kappa shape index (κ1) is 15.7. The molecular weight excluding hydrogens is 311 g/mol. The maximum Gasteiger partial charge on any atom is 0.260 e. The van der Waals surface area contributed by atoms with Crippen LogP contribution in [0.25, 0.3) is 0 Å². The number of rotatable bonds is 3. The molecule has 118 valence electrons. The van der Waals surface area contributed by atoms with Crippen LogP contribution < -0.4 is 0 Å². The van der Waals surface area contributed by atoms with Gasteiger partial charge in [0.05, 0.1) is 6.54 Å². The fraction of sp³-hybridized carbons (Fsp3) is 0.222. The highest BCUT2D eigenvalue weighted by molar-refractivity contribution is 8.13. The fourth-order valence-corrected chi connectivity index (χ4v) is 3.46. The Morgan fingerprint density at radius 2 is 2.09 bits per heavy atom. The van der Waals surface area contributed by atoms with Gasteiger partial charge >= 0.3 is 0 Å². The van der Waals surface area contributed by atoms with E-state index in [1.165, 1.54) is 23.9 Å². The summed E-state index contributed by atoms with van der Waals surface area (Å²) in [7, 11) is 0. The third-order valence-electron chi connectivity index (χ3n) is 3.68. The fourth-order valence-electron chi connectivity index (χ4n) is 2.47. The lowest BCUT2D eigenvalue weighted by atomic mass is 10.1. The molecular formula is C18H17FN2OS. The summed E-state index contributed by atoms with van der Waals surface area (Å²) in [6.45, 7) is 3.14. The number of benzene rings is 2. The molecule has 0 radical (unpaired) electrons. The topological polar surface area (TPSA) is 32.7 Å². The number of carbonyl (C=O) groups excluding carboxylic acids is 1. The highest BCUT2D eigenvalue weighted by Gasteiger charge is 2.25. The van der Waals surface area contributed by atoms with Gasteiger partial charge in [-0.2, -0.15) is 0 Å². The minimum Gasteiger partial charge on any atom is -0.286 e. The lowest BCUT2D eigenvalue weighted by Gasteiger charge is -2.19. The van der Waals surface area contributed by atoms with Crippen LogP contribution in [0.1, 0.15) is 21.5 Å². The minimum absolute atomic E-state index is 0.0221. The molecule has 0 atom stereocenters. The average Bonchev–Trinajstić information content (AvgIpc) is 3.01. The van der Waals surface area contributed by atoms with Crippen LogP contribution in [0.2, 0.25) is 0 Å². The number of thioether (sulfide) groups is 1. The Balaban J connectivity index is 1.70. The molecule has 0 spiro atoms. The highest BCUT2D eigenvalue weighted by atomic mass is 32.2. The predicted octanol–water partition coefficient (Wildman–Crippen LogP) is 3.88. The number of aryl methyl sites for hydroxylation is 1. The third-order valence-corrected chi connectivity index (χ3v) is 4.76. The van der Waals surface area contributed by atoms with E-state index in [2.05, 4.69) is 4.99 Å². The molecule has 3 rings (SSSR count). The molecule has 1 aliphatic rings. The van der Waals surface area contributed by atoms with Gasteiger partial charge in [0.1, 0.15) is 5.82 Å². The first-order chi connectivity index (χ1) is 11.1. The van der Waals surface area contributed by atoms with E-state index in [1.54, 1.807) is 11.0 Å². The van der Waals surface area contributed by atoms with Crippen molar-refractivity contribution in [2.24, 2.45) is 4.99 Å². The van der Waals surface area contributed by atoms with E-state index >= 15 is 0 Å². The van der Waals surface area contributed by atoms with Gasteiger partial charge in [-0.25, -0.2) is 4.39 Å². The molecule has 3 nitrogen and oxygen atoms in total. The zero-order valence-electron chi connectivity index (χ0n) is 12.8. The third kappa shape index (κ3) is 3.62. The Hall–Kier alpha value is -2.14. The number of aliphatic imine (C=N–C) groups is 1. The molecule has 0 bridgehead atoms. The van der Waals surface area contributed by atoms with Crippen LogP contribution in [-0.4, -0.2) is 29.1 Å². The van der Waals surface area contributed by atoms with Crippen molar-refractivity contribution < 1.29 is 9.18 Å². The number of amides is 1. The zero-order chi connectivity index (χ0) is 16.2. The number of hydrogen-bond acceptors (Lipinski definition) is 3. The van der Waals surface area contributed by atoms with Crippen molar-refractivity contribution in [1.82, 2.24) is 4.90 Å². The second kappa shape index (κ2) is 6.96. The van der Waals surface area contributed by atoms with Crippen LogP contribution in [0.5, 0.6) is 0 Å². The highest BCUT2D eigenvalue weighted by Crippen LogP contribution is 2.22. The summed E-state index contributed by atoms with van der Waals surface area (Å²) >= 11 is 1.47. The molecule has 0 saturated carbocycles. The summed E-state index contributed by atoms with van der Waals surface area (Å²) in [5.74, 6) is 0.323. The maximum absolute atomic E-state index is 13.2. The van der Waals surface area contributed by atoms with Gasteiger partial charge < -0.3 is 0 Å². The lowest BCUT2D eigenvalue weighted by Crippen LogP contribution is -2.33. The zero-order valence-corrected chi connectivity index (χ0v) is 13.6. The molecule has 1 amide bonds. The first-order valence-electron chi connectivity index (χ1n) is 7.44. The Morgan fingerprint density at radius 1 is 1.26 bits per heavy atom. The van der Waals surface area contributed by atoms with Crippen LogP contribution in [0.15, 0.2) is 53.5 Å². The van der Waals surface area contributed by atoms with Gasteiger partial charge in [-0.3, -0.25) is 14.7 Å². The quantitative estimate of drug-likeness (QED) is 0.856. The van der Waals surface area contributed by atoms with Gasteiger partial charge in [-0.1, -0.05) is 42.1 Å². The monoisotopic (exact) mass is 328 g/mol. The summed E-state index contributed by atoms with van der Waals surface area (Å²) in [6, 6.07) is 14.1. The molecule has 0 aromatic heterocycles. The SMILES string of the molecule is Cc1ccccc1C(=O)N1CCN=C1SCc1cccc(F)c1. The Bertz CT molecular complexity index is 760. The van der Waals surface area contributed by atoms with E-state index in [9.17, 15) is 9.18 Å². The van der Waals surface area contributed by atoms with Crippen LogP contribution in [0.4, 0.5) is 4.39 Å². The molecule has 2 aromatic carbocycles. The molecule has 0 N–H and O–H groups in total. The van der Waals surface area contributed by atoms with Gasteiger partial charge in [0.25, 0.3) is 5.91 Å². The number of hydrogen-bond donors (Lipinski definition) is 0. The molecule has 5 heteroatoms. The smallest absolute Gasteiger partial charge is 0.260 e. The Morgan fingerprint density at radius 3 is 2.87 bits per heavy atom. The Kier molecular flexibility index (Phi) is 4.76. The van der Waals surface area contributed by atoms with E-state index in [0.29, 0.717) is 29.6 Å². The standard InChI is InChI=1S/C18H17FN2OS/c1-13-5-2-3-8-16(13)17(22)21-10-9-20-18(21)23-12-14-6-4-7-15(19)11-14/h2-8,11H,9-10,12H2,1H3. The van der Waals surface area contributed by atoms with E-state index in [1.807, 2.05) is 37.3 Å². The molecule has 0 unspecified atom stereocenters. The van der Waals surface area contributed by atoms with Crippen molar-refractivity contribution in [2.75, 3.05) is 13.1 Å². The van der Waals surface area contributed by atoms with Gasteiger partial charge in [-0.15, -0.1) is 0 Å². The van der Waals surface area contributed by atoms with E-state index < -0.39 is 0 Å². The minimum atomic E-state index is -0.246. The molecule has 0 fully saturated rings. The summed E-state index contributed by atoms with van der Waals surface area (Å²) in [5, 5.41) is 0.711. The second-order valence-electron chi connectivity index (χ2n) is 5.35. The molecule has 23 heavy (non-hydrogen) atoms. The summed E-state index contributed by atoms with van der Waals surface area (Å²) in [6.07, 6.45) is 0. The van der Waals surface area contributed by atoms with Crippen molar-refractivity contribution in [3.05, 3.63) is 71.0 Å². The van der Waals surface area contributed by atoms with Crippen molar-refractivity contribution in [2.45, 2.75) is 12.7 Å². The lowest BCUT2D eigenvalue weighted by molar-refractivity contribution is 0.0860. The van der Waals surface area contributed by atoms with Crippen molar-refractivity contribution in [1.29, 1.82) is 0 Å².